The number of nitrogens with two attached hydrogens (primary N) is 1. The number of anilines is 1. The maximum absolute atomic E-state index is 6.31. The van der Waals surface area contributed by atoms with Crippen LogP contribution in [0, 0.1) is 0 Å². The van der Waals surface area contributed by atoms with Crippen molar-refractivity contribution < 1.29 is 4.74 Å². The fraction of sp³-hybridized carbons (Fsp3) is 0.294. The Bertz CT molecular complexity index is 549. The third kappa shape index (κ3) is 3.31. The van der Waals surface area contributed by atoms with Gasteiger partial charge in [0.25, 0.3) is 0 Å². The lowest BCUT2D eigenvalue weighted by Gasteiger charge is -2.17. The molecule has 106 valence electrons. The molecule has 0 saturated heterocycles. The average molecular weight is 270 g/mol. The molecule has 0 amide bonds. The van der Waals surface area contributed by atoms with Crippen molar-refractivity contribution in [1.82, 2.24) is 0 Å². The van der Waals surface area contributed by atoms with Crippen molar-refractivity contribution in [2.75, 3.05) is 26.1 Å². The summed E-state index contributed by atoms with van der Waals surface area (Å²) < 4.78 is 5.37. The maximum Gasteiger partial charge on any atom is 0.123 e. The molecule has 2 rings (SSSR count). The van der Waals surface area contributed by atoms with Crippen LogP contribution in [0.15, 0.2) is 48.5 Å². The van der Waals surface area contributed by atoms with Crippen LogP contribution in [0.4, 0.5) is 5.69 Å². The third-order valence-corrected chi connectivity index (χ3v) is 3.45. The van der Waals surface area contributed by atoms with E-state index in [4.69, 9.17) is 10.5 Å². The molecule has 0 heterocycles. The Hall–Kier alpha value is -2.00. The number of hydrogen-bond donors (Lipinski definition) is 1. The van der Waals surface area contributed by atoms with Crippen LogP contribution in [-0.2, 0) is 6.42 Å². The number of methoxy groups -OCH3 is 1. The minimum atomic E-state index is -0.0589. The molecule has 2 aromatic carbocycles. The first kappa shape index (κ1) is 14.4. The van der Waals surface area contributed by atoms with Crippen LogP contribution in [-0.4, -0.2) is 21.2 Å². The highest BCUT2D eigenvalue weighted by molar-refractivity contribution is 5.46. The largest absolute Gasteiger partial charge is 0.496 e. The summed E-state index contributed by atoms with van der Waals surface area (Å²) in [5, 5.41) is 0. The molecule has 3 heteroatoms. The second-order valence-corrected chi connectivity index (χ2v) is 5.11. The summed E-state index contributed by atoms with van der Waals surface area (Å²) in [5.41, 5.74) is 9.78. The van der Waals surface area contributed by atoms with Gasteiger partial charge in [-0.25, -0.2) is 0 Å². The van der Waals surface area contributed by atoms with Gasteiger partial charge in [-0.2, -0.15) is 0 Å². The Labute approximate surface area is 121 Å². The Morgan fingerprint density at radius 2 is 1.70 bits per heavy atom. The monoisotopic (exact) mass is 270 g/mol. The standard InChI is InChI=1S/C17H22N2O/c1-19(2)14-10-8-13(9-11-14)12-16(18)15-6-4-5-7-17(15)20-3/h4-11,16H,12,18H2,1-3H3. The molecule has 0 spiro atoms. The number of nitrogens with zero attached hydrogens (tertiary/aromatic N) is 1. The maximum atomic E-state index is 6.31. The van der Waals surface area contributed by atoms with Crippen LogP contribution >= 0.6 is 0 Å². The quantitative estimate of drug-likeness (QED) is 0.907. The Balaban J connectivity index is 2.13. The fourth-order valence-electron chi connectivity index (χ4n) is 2.27. The number of para-hydroxylation sites is 1. The molecule has 0 aromatic heterocycles. The predicted octanol–water partition coefficient (Wildman–Crippen LogP) is 3.00. The topological polar surface area (TPSA) is 38.5 Å². The number of hydrogen-bond acceptors (Lipinski definition) is 3. The average Bonchev–Trinajstić information content (AvgIpc) is 2.47. The number of rotatable bonds is 5. The van der Waals surface area contributed by atoms with Gasteiger partial charge in [0, 0.05) is 31.4 Å². The van der Waals surface area contributed by atoms with E-state index in [0.29, 0.717) is 0 Å². The molecule has 0 saturated carbocycles. The highest BCUT2D eigenvalue weighted by Crippen LogP contribution is 2.26. The summed E-state index contributed by atoms with van der Waals surface area (Å²) in [4.78, 5) is 2.09. The van der Waals surface area contributed by atoms with Gasteiger partial charge in [-0.15, -0.1) is 0 Å². The molecule has 0 aliphatic heterocycles. The zero-order valence-corrected chi connectivity index (χ0v) is 12.3. The van der Waals surface area contributed by atoms with E-state index >= 15 is 0 Å². The second-order valence-electron chi connectivity index (χ2n) is 5.11. The highest BCUT2D eigenvalue weighted by Gasteiger charge is 2.12. The minimum Gasteiger partial charge on any atom is -0.496 e. The molecule has 1 unspecified atom stereocenters. The van der Waals surface area contributed by atoms with Crippen LogP contribution in [0.25, 0.3) is 0 Å². The van der Waals surface area contributed by atoms with Crippen molar-refractivity contribution in [2.45, 2.75) is 12.5 Å². The Morgan fingerprint density at radius 1 is 1.05 bits per heavy atom. The van der Waals surface area contributed by atoms with E-state index in [1.807, 2.05) is 38.4 Å². The van der Waals surface area contributed by atoms with Gasteiger partial charge in [0.2, 0.25) is 0 Å². The first-order valence-electron chi connectivity index (χ1n) is 6.76. The summed E-state index contributed by atoms with van der Waals surface area (Å²) in [6.07, 6.45) is 0.800. The van der Waals surface area contributed by atoms with Crippen LogP contribution in [0.1, 0.15) is 17.2 Å². The molecule has 2 N–H and O–H groups in total. The second kappa shape index (κ2) is 6.44. The van der Waals surface area contributed by atoms with Crippen molar-refractivity contribution >= 4 is 5.69 Å². The first-order valence-corrected chi connectivity index (χ1v) is 6.76. The smallest absolute Gasteiger partial charge is 0.123 e. The van der Waals surface area contributed by atoms with Crippen molar-refractivity contribution in [1.29, 1.82) is 0 Å². The molecular formula is C17H22N2O. The van der Waals surface area contributed by atoms with Gasteiger partial charge in [-0.3, -0.25) is 0 Å². The van der Waals surface area contributed by atoms with Gasteiger partial charge >= 0.3 is 0 Å². The molecule has 0 radical (unpaired) electrons. The van der Waals surface area contributed by atoms with Crippen molar-refractivity contribution in [2.24, 2.45) is 5.73 Å². The van der Waals surface area contributed by atoms with E-state index in [-0.39, 0.29) is 6.04 Å². The minimum absolute atomic E-state index is 0.0589. The molecule has 0 aliphatic rings. The van der Waals surface area contributed by atoms with Gasteiger partial charge in [-0.1, -0.05) is 30.3 Å². The van der Waals surface area contributed by atoms with E-state index < -0.39 is 0 Å². The van der Waals surface area contributed by atoms with Crippen molar-refractivity contribution in [3.05, 3.63) is 59.7 Å². The van der Waals surface area contributed by atoms with Gasteiger partial charge in [-0.05, 0) is 30.2 Å². The van der Waals surface area contributed by atoms with Crippen LogP contribution < -0.4 is 15.4 Å². The zero-order valence-electron chi connectivity index (χ0n) is 12.3. The molecule has 0 aliphatic carbocycles. The van der Waals surface area contributed by atoms with E-state index in [2.05, 4.69) is 29.2 Å². The van der Waals surface area contributed by atoms with E-state index in [1.165, 1.54) is 11.3 Å². The molecule has 0 fully saturated rings. The molecular weight excluding hydrogens is 248 g/mol. The van der Waals surface area contributed by atoms with Crippen molar-refractivity contribution in [3.63, 3.8) is 0 Å². The van der Waals surface area contributed by atoms with E-state index in [1.54, 1.807) is 7.11 Å². The number of benzene rings is 2. The molecule has 3 nitrogen and oxygen atoms in total. The summed E-state index contributed by atoms with van der Waals surface area (Å²) in [6.45, 7) is 0. The molecule has 1 atom stereocenters. The molecule has 2 aromatic rings. The number of ether oxygens (including phenoxy) is 1. The van der Waals surface area contributed by atoms with Gasteiger partial charge in [0.05, 0.1) is 7.11 Å². The molecule has 0 bridgehead atoms. The van der Waals surface area contributed by atoms with Gasteiger partial charge in [0.1, 0.15) is 5.75 Å². The lowest BCUT2D eigenvalue weighted by molar-refractivity contribution is 0.405. The third-order valence-electron chi connectivity index (χ3n) is 3.45. The van der Waals surface area contributed by atoms with E-state index in [0.717, 1.165) is 17.7 Å². The van der Waals surface area contributed by atoms with E-state index in [9.17, 15) is 0 Å². The lowest BCUT2D eigenvalue weighted by Crippen LogP contribution is -2.14. The van der Waals surface area contributed by atoms with Crippen molar-refractivity contribution in [3.8, 4) is 5.75 Å². The summed E-state index contributed by atoms with van der Waals surface area (Å²) in [5.74, 6) is 0.852. The predicted molar refractivity (Wildman–Crippen MR) is 84.4 cm³/mol. The molecule has 20 heavy (non-hydrogen) atoms. The van der Waals surface area contributed by atoms with Crippen LogP contribution in [0.5, 0.6) is 5.75 Å². The van der Waals surface area contributed by atoms with Crippen LogP contribution in [0.3, 0.4) is 0 Å². The zero-order chi connectivity index (χ0) is 14.5. The van der Waals surface area contributed by atoms with Gasteiger partial charge in [0.15, 0.2) is 0 Å². The SMILES string of the molecule is COc1ccccc1C(N)Cc1ccc(N(C)C)cc1. The lowest BCUT2D eigenvalue weighted by atomic mass is 9.98. The Morgan fingerprint density at radius 3 is 2.30 bits per heavy atom. The van der Waals surface area contributed by atoms with Gasteiger partial charge < -0.3 is 15.4 Å². The Kier molecular flexibility index (Phi) is 4.64. The van der Waals surface area contributed by atoms with Crippen LogP contribution in [0.2, 0.25) is 0 Å². The summed E-state index contributed by atoms with van der Waals surface area (Å²) >= 11 is 0. The normalized spacial score (nSPS) is 12.0. The fourth-order valence-corrected chi connectivity index (χ4v) is 2.27. The first-order chi connectivity index (χ1) is 9.61. The summed E-state index contributed by atoms with van der Waals surface area (Å²) in [7, 11) is 5.75. The summed E-state index contributed by atoms with van der Waals surface area (Å²) in [6, 6.07) is 16.4. The highest BCUT2D eigenvalue weighted by atomic mass is 16.5.